The molecule has 8 amide bonds. The first-order chi connectivity index (χ1) is 68.1. The third kappa shape index (κ3) is 27.5. The fraction of sp³-hybridized carbons (Fsp3) is 0.642. The molecule has 3 aliphatic heterocycles. The predicted octanol–water partition coefficient (Wildman–Crippen LogP) is 5.54. The van der Waals surface area contributed by atoms with E-state index in [9.17, 15) is 88.8 Å². The number of para-hydroxylation sites is 1. The van der Waals surface area contributed by atoms with Crippen LogP contribution in [-0.2, 0) is 116 Å². The molecule has 0 radical (unpaired) electrons. The highest BCUT2D eigenvalue weighted by Crippen LogP contribution is 2.60. The van der Waals surface area contributed by atoms with Crippen LogP contribution in [0, 0.1) is 53.3 Å². The first-order valence-corrected chi connectivity index (χ1v) is 50.7. The number of nitrogens with zero attached hydrogens (tertiary/aromatic N) is 3. The van der Waals surface area contributed by atoms with Crippen LogP contribution in [-0.4, -0.2) is 283 Å². The zero-order chi connectivity index (χ0) is 102. The van der Waals surface area contributed by atoms with Crippen LogP contribution in [0.1, 0.15) is 234 Å². The lowest BCUT2D eigenvalue weighted by Gasteiger charge is -2.56. The van der Waals surface area contributed by atoms with E-state index in [-0.39, 0.29) is 149 Å². The Morgan fingerprint density at radius 2 is 1.20 bits per heavy atom. The molecule has 142 heavy (non-hydrogen) atoms. The number of aliphatic hydroxyl groups excluding tert-OH is 8. The van der Waals surface area contributed by atoms with Gasteiger partial charge in [-0.25, -0.2) is 0 Å². The Morgan fingerprint density at radius 1 is 0.570 bits per heavy atom. The van der Waals surface area contributed by atoms with Crippen molar-refractivity contribution in [2.45, 2.75) is 312 Å². The number of aryl methyl sites for hydroxylation is 3. The molecule has 0 bridgehead atoms. The molecule has 3 heterocycles. The van der Waals surface area contributed by atoms with Gasteiger partial charge in [-0.1, -0.05) is 146 Å². The van der Waals surface area contributed by atoms with E-state index in [2.05, 4.69) is 99.7 Å². The second kappa shape index (κ2) is 51.8. The first-order valence-electron chi connectivity index (χ1n) is 50.7. The monoisotopic (exact) mass is 1980 g/mol. The second-order valence-corrected chi connectivity index (χ2v) is 40.6. The summed E-state index contributed by atoms with van der Waals surface area (Å²) in [7, 11) is 0. The van der Waals surface area contributed by atoms with E-state index in [0.29, 0.717) is 108 Å². The molecule has 21 atom stereocenters. The number of unbranched alkanes of at least 4 members (excludes halogenated alkanes) is 1. The van der Waals surface area contributed by atoms with E-state index in [1.165, 1.54) is 23.6 Å². The van der Waals surface area contributed by atoms with Crippen LogP contribution < -0.4 is 42.6 Å². The maximum absolute atomic E-state index is 15.0. The minimum absolute atomic E-state index is 0.00804. The molecule has 0 spiro atoms. The Labute approximate surface area is 831 Å². The lowest BCUT2D eigenvalue weighted by atomic mass is 9.49. The number of imide groups is 1. The molecule has 778 valence electrons. The summed E-state index contributed by atoms with van der Waals surface area (Å²) < 4.78 is 46.0. The van der Waals surface area contributed by atoms with Crippen molar-refractivity contribution in [1.29, 1.82) is 0 Å². The van der Waals surface area contributed by atoms with Crippen molar-refractivity contribution in [3.63, 3.8) is 0 Å². The number of aliphatic hydroxyl groups is 8. The van der Waals surface area contributed by atoms with Crippen LogP contribution in [0.3, 0.4) is 0 Å². The number of carbonyl (C=O) groups is 10. The Kier molecular flexibility index (Phi) is 40.5. The van der Waals surface area contributed by atoms with E-state index in [1.807, 2.05) is 67.6 Å². The molecule has 36 nitrogen and oxygen atoms in total. The van der Waals surface area contributed by atoms with Gasteiger partial charge in [0.05, 0.1) is 94.8 Å². The third-order valence-electron chi connectivity index (χ3n) is 30.3. The minimum atomic E-state index is -1.87. The van der Waals surface area contributed by atoms with Crippen molar-refractivity contribution < 1.29 is 127 Å². The number of carbonyl (C=O) groups excluding carboxylic acids is 10. The SMILES string of the molecule is Cc1ccc2c(c1)[C@@]1(C)CCC[C@](C)(C(=O)NC(=O)[C@@]3(C)CCC[C@]4(C)c5cc(NC(=O)[C@H](CO)NC(=O)[C@H](C)NC(=O)[C@@H](NC(=O)[C@@H](CCCCNC(=O)COC6CCCCCC(=N[C@H]7O[C@H](CO)[C@@H](O[C@H]8O[C@H](CO)[C@@H](O)[C@H](O)[C@H]8O)[C@H](O)[C@H]7O)C6=NN)CC(=O)CCOCCOCCOCCOCCCC(=O)CCC(=O)N6Cc7ccccc7C#Cc7ccccc76)C(C)C)ccc5CC[C@@H]34)[C@@H]1CC2. The second-order valence-electron chi connectivity index (χ2n) is 40.6. The van der Waals surface area contributed by atoms with Gasteiger partial charge in [-0.15, -0.1) is 0 Å². The molecule has 3 saturated carbocycles. The summed E-state index contributed by atoms with van der Waals surface area (Å²) in [5.41, 5.74) is 7.48. The van der Waals surface area contributed by atoms with Crippen LogP contribution in [0.25, 0.3) is 0 Å². The van der Waals surface area contributed by atoms with Gasteiger partial charge in [-0.05, 0) is 190 Å². The number of hydrazone groups is 1. The van der Waals surface area contributed by atoms with Crippen molar-refractivity contribution in [2.24, 2.45) is 50.4 Å². The Morgan fingerprint density at radius 3 is 1.85 bits per heavy atom. The number of amides is 8. The van der Waals surface area contributed by atoms with Gasteiger partial charge in [0.15, 0.2) is 12.5 Å². The number of aliphatic imine (C=N–C) groups is 1. The standard InChI is InChI=1S/C106H148N10O26/c1-63(2)87(98(132)109-65(4)95(129)111-78(59-117)97(131)110-72-36-33-68-35-39-84-104(6,76(68)57-72)43-20-45-106(84,8)102(134)114-101(133)105(7)44-19-42-103(5)75-55-64(3)29-30-67(75)34-38-83(103)105)113-96(130)70(56-74(121)41-48-136-50-52-138-54-53-137-51-49-135-47-18-25-73(120)37-40-86(123)116-58-71-24-13-12-21-66(71)31-32-69-22-14-15-27-79(69)116)23-16-17-46-108-85(122)62-139-80-28-11-9-10-26-77(88(80)115-107)112-99-92(127)91(126)94(82(61-119)140-99)142-100-93(128)90(125)89(124)81(60-118)141-100/h12-15,21-22,24,27,29-30,33,36,55,57,63,65,70,78,80-84,87,89-94,99-100,117-119,124-128H,9-11,16-20,23,25-26,28,34-35,37-54,56,58-62,107H2,1-8H3,(H,108,122)(H,109,132)(H,110,131)(H,111,129)(H,113,130)(H,114,133,134)/t65-,70-,78-,80?,81+,82+,83+,84+,87-,89+,90-,91+,92+,93+,94+,99-,100+,103+,104+,105-,106-/m0/s1. The van der Waals surface area contributed by atoms with Gasteiger partial charge in [0.1, 0.15) is 96.9 Å². The van der Waals surface area contributed by atoms with Crippen molar-refractivity contribution in [3.05, 3.63) is 129 Å². The van der Waals surface area contributed by atoms with Gasteiger partial charge in [0.25, 0.3) is 0 Å². The zero-order valence-corrected chi connectivity index (χ0v) is 83.2. The average Bonchev–Trinajstić information content (AvgIpc) is 0.720. The number of rotatable bonds is 46. The quantitative estimate of drug-likeness (QED) is 0.00848. The number of anilines is 2. The molecular formula is C106H148N10O26. The van der Waals surface area contributed by atoms with Gasteiger partial charge in [0, 0.05) is 68.0 Å². The van der Waals surface area contributed by atoms with Gasteiger partial charge in [-0.3, -0.25) is 58.3 Å². The van der Waals surface area contributed by atoms with E-state index < -0.39 is 170 Å². The molecule has 16 N–H and O–H groups in total. The van der Waals surface area contributed by atoms with E-state index in [0.717, 1.165) is 59.9 Å². The summed E-state index contributed by atoms with van der Waals surface area (Å²) in [6.45, 7) is 14.7. The molecule has 4 aromatic carbocycles. The maximum atomic E-state index is 15.0. The first kappa shape index (κ1) is 111. The van der Waals surface area contributed by atoms with E-state index in [4.69, 9.17) is 43.7 Å². The molecule has 1 unspecified atom stereocenters. The van der Waals surface area contributed by atoms with Gasteiger partial charge >= 0.3 is 0 Å². The number of ether oxygens (including phenoxy) is 8. The topological polar surface area (TPSA) is 533 Å². The molecule has 2 saturated heterocycles. The van der Waals surface area contributed by atoms with Crippen molar-refractivity contribution in [2.75, 3.05) is 96.0 Å². The van der Waals surface area contributed by atoms with Crippen LogP contribution in [0.5, 0.6) is 0 Å². The normalized spacial score (nSPS) is 28.2. The summed E-state index contributed by atoms with van der Waals surface area (Å²) in [5.74, 6) is 6.25. The van der Waals surface area contributed by atoms with Crippen LogP contribution >= 0.6 is 0 Å². The summed E-state index contributed by atoms with van der Waals surface area (Å²) in [5, 5.41) is 106. The van der Waals surface area contributed by atoms with E-state index >= 15 is 0 Å². The summed E-state index contributed by atoms with van der Waals surface area (Å²) in [4.78, 5) is 147. The summed E-state index contributed by atoms with van der Waals surface area (Å²) in [6.07, 6.45) is -6.11. The number of hydrogen-bond acceptors (Lipinski definition) is 29. The smallest absolute Gasteiger partial charge is 0.249 e. The molecular weight excluding hydrogens is 1830 g/mol. The third-order valence-corrected chi connectivity index (χ3v) is 30.3. The highest BCUT2D eigenvalue weighted by Gasteiger charge is 2.60. The summed E-state index contributed by atoms with van der Waals surface area (Å²) in [6, 6.07) is 23.5. The molecule has 0 aromatic heterocycles. The highest BCUT2D eigenvalue weighted by atomic mass is 16.7. The minimum Gasteiger partial charge on any atom is -0.394 e. The van der Waals surface area contributed by atoms with Crippen LogP contribution in [0.2, 0.25) is 0 Å². The molecule has 8 aliphatic rings. The number of nitrogens with two attached hydrogens (primary N) is 1. The van der Waals surface area contributed by atoms with Crippen molar-refractivity contribution in [1.82, 2.24) is 26.6 Å². The Hall–Kier alpha value is -9.76. The fourth-order valence-electron chi connectivity index (χ4n) is 22.2. The largest absolute Gasteiger partial charge is 0.394 e. The van der Waals surface area contributed by atoms with Crippen LogP contribution in [0.4, 0.5) is 11.4 Å². The summed E-state index contributed by atoms with van der Waals surface area (Å²) >= 11 is 0. The van der Waals surface area contributed by atoms with Gasteiger partial charge < -0.3 is 116 Å². The highest BCUT2D eigenvalue weighted by molar-refractivity contribution is 6.44. The molecule has 5 fully saturated rings. The lowest BCUT2D eigenvalue weighted by molar-refractivity contribution is -0.341. The molecule has 36 heteroatoms. The Bertz CT molecular complexity index is 5160. The predicted molar refractivity (Wildman–Crippen MR) is 525 cm³/mol. The van der Waals surface area contributed by atoms with E-state index in [1.54, 1.807) is 24.8 Å². The number of hydrogen-bond donors (Lipinski definition) is 15. The molecule has 4 aromatic rings. The number of ketones is 2. The van der Waals surface area contributed by atoms with Crippen molar-refractivity contribution >= 4 is 81.6 Å². The maximum Gasteiger partial charge on any atom is 0.249 e. The molecule has 12 rings (SSSR count). The van der Waals surface area contributed by atoms with Crippen LogP contribution in [0.15, 0.2) is 95.0 Å². The fourth-order valence-corrected chi connectivity index (χ4v) is 22.2. The zero-order valence-electron chi connectivity index (χ0n) is 83.2. The molecule has 5 aliphatic carbocycles. The average molecular weight is 1980 g/mol. The Balaban J connectivity index is 0.601. The number of benzene rings is 4. The van der Waals surface area contributed by atoms with Crippen molar-refractivity contribution in [3.8, 4) is 11.8 Å². The number of fused-ring (bicyclic) bond motifs is 8. The lowest BCUT2D eigenvalue weighted by Crippen LogP contribution is -2.64. The number of Topliss-reactive ketones (excluding diaryl/α,β-unsaturated/α-hetero) is 2. The van der Waals surface area contributed by atoms with Gasteiger partial charge in [-0.2, -0.15) is 5.10 Å². The number of nitrogens with one attached hydrogen (secondary N) is 6. The van der Waals surface area contributed by atoms with Gasteiger partial charge in [0.2, 0.25) is 47.3 Å².